The first-order valence-electron chi connectivity index (χ1n) is 9.22. The van der Waals surface area contributed by atoms with Crippen molar-refractivity contribution in [2.75, 3.05) is 0 Å². The van der Waals surface area contributed by atoms with Crippen molar-refractivity contribution < 1.29 is 0 Å². The van der Waals surface area contributed by atoms with Gasteiger partial charge in [-0.25, -0.2) is 0 Å². The van der Waals surface area contributed by atoms with Crippen molar-refractivity contribution in [3.8, 4) is 0 Å². The van der Waals surface area contributed by atoms with Crippen LogP contribution in [0.15, 0.2) is 0 Å². The summed E-state index contributed by atoms with van der Waals surface area (Å²) < 4.78 is 0. The molecule has 1 atom stereocenters. The van der Waals surface area contributed by atoms with Crippen molar-refractivity contribution in [3.05, 3.63) is 0 Å². The van der Waals surface area contributed by atoms with E-state index in [-0.39, 0.29) is 0 Å². The first-order valence-corrected chi connectivity index (χ1v) is 9.22. The zero-order chi connectivity index (χ0) is 16.5. The lowest BCUT2D eigenvalue weighted by Crippen LogP contribution is -1.89. The van der Waals surface area contributed by atoms with Gasteiger partial charge in [-0.1, -0.05) is 121 Å². The van der Waals surface area contributed by atoms with E-state index in [1.807, 2.05) is 41.5 Å². The van der Waals surface area contributed by atoms with Gasteiger partial charge >= 0.3 is 0 Å². The highest BCUT2D eigenvalue weighted by molar-refractivity contribution is 4.47. The maximum atomic E-state index is 2.33. The fourth-order valence-corrected chi connectivity index (χ4v) is 1.11. The molecule has 0 aromatic heterocycles. The first-order chi connectivity index (χ1) is 9.22. The summed E-state index contributed by atoms with van der Waals surface area (Å²) in [5.41, 5.74) is 0. The van der Waals surface area contributed by atoms with Crippen LogP contribution in [0.25, 0.3) is 0 Å². The molecule has 0 radical (unpaired) electrons. The first kappa shape index (κ1) is 31.4. The molecule has 0 aliphatic heterocycles. The number of unbranched alkanes of at least 4 members (excludes halogenated alkanes) is 3. The van der Waals surface area contributed by atoms with Crippen molar-refractivity contribution >= 4 is 0 Å². The van der Waals surface area contributed by atoms with E-state index in [1.165, 1.54) is 44.9 Å². The largest absolute Gasteiger partial charge is 0.0683 e. The summed E-state index contributed by atoms with van der Waals surface area (Å²) in [7, 11) is 0. The second kappa shape index (κ2) is 52.0. The number of rotatable bonds is 6. The van der Waals surface area contributed by atoms with E-state index in [0.717, 1.165) is 5.92 Å². The van der Waals surface area contributed by atoms with Gasteiger partial charge in [0.15, 0.2) is 0 Å². The summed E-state index contributed by atoms with van der Waals surface area (Å²) in [5, 5.41) is 0. The molecule has 0 amide bonds. The molecule has 124 valence electrons. The van der Waals surface area contributed by atoms with Gasteiger partial charge in [0.1, 0.15) is 0 Å². The molecule has 19 heavy (non-hydrogen) atoms. The van der Waals surface area contributed by atoms with Crippen LogP contribution in [0.3, 0.4) is 0 Å². The van der Waals surface area contributed by atoms with Gasteiger partial charge in [-0.2, -0.15) is 0 Å². The third kappa shape index (κ3) is 72.0. The van der Waals surface area contributed by atoms with Gasteiger partial charge < -0.3 is 0 Å². The highest BCUT2D eigenvalue weighted by atomic mass is 14.0. The molecule has 0 spiro atoms. The number of hydrogen-bond acceptors (Lipinski definition) is 0. The van der Waals surface area contributed by atoms with Crippen molar-refractivity contribution in [1.82, 2.24) is 0 Å². The minimum Gasteiger partial charge on any atom is -0.0683 e. The predicted octanol–water partition coefficient (Wildman–Crippen LogP) is 8.50. The normalized spacial score (nSPS) is 9.00. The van der Waals surface area contributed by atoms with Crippen LogP contribution in [0.1, 0.15) is 121 Å². The Labute approximate surface area is 127 Å². The second-order valence-corrected chi connectivity index (χ2v) is 4.01. The summed E-state index contributed by atoms with van der Waals surface area (Å²) in [4.78, 5) is 0. The molecular weight excluding hydrogens is 228 g/mol. The average molecular weight is 277 g/mol. The smallest absolute Gasteiger partial charge is 0.0445 e. The average Bonchev–Trinajstić information content (AvgIpc) is 2.52. The van der Waals surface area contributed by atoms with E-state index < -0.39 is 0 Å². The van der Waals surface area contributed by atoms with Crippen molar-refractivity contribution in [1.29, 1.82) is 0 Å². The summed E-state index contributed by atoms with van der Waals surface area (Å²) in [5.74, 6) is 0.954. The third-order valence-corrected chi connectivity index (χ3v) is 2.45. The Morgan fingerprint density at radius 2 is 0.895 bits per heavy atom. The fourth-order valence-electron chi connectivity index (χ4n) is 1.11. The maximum absolute atomic E-state index is 2.33. The molecule has 0 heterocycles. The van der Waals surface area contributed by atoms with Crippen LogP contribution in [0.5, 0.6) is 0 Å². The van der Waals surface area contributed by atoms with Crippen molar-refractivity contribution in [2.24, 2.45) is 5.92 Å². The zero-order valence-electron chi connectivity index (χ0n) is 16.5. The van der Waals surface area contributed by atoms with Crippen LogP contribution in [0.4, 0.5) is 0 Å². The van der Waals surface area contributed by atoms with Crippen LogP contribution in [-0.4, -0.2) is 0 Å². The van der Waals surface area contributed by atoms with E-state index in [2.05, 4.69) is 34.6 Å². The zero-order valence-corrected chi connectivity index (χ0v) is 16.5. The Balaban J connectivity index is -0.0000000513. The summed E-state index contributed by atoms with van der Waals surface area (Å²) in [6.45, 7) is 23.3. The lowest BCUT2D eigenvalue weighted by molar-refractivity contribution is 0.492. The van der Waals surface area contributed by atoms with E-state index >= 15 is 0 Å². The fraction of sp³-hybridized carbons (Fsp3) is 1.00. The van der Waals surface area contributed by atoms with E-state index in [0.29, 0.717) is 0 Å². The van der Waals surface area contributed by atoms with Gasteiger partial charge in [-0.05, 0) is 5.92 Å². The molecule has 0 nitrogen and oxygen atoms in total. The molecule has 0 fully saturated rings. The van der Waals surface area contributed by atoms with Crippen LogP contribution in [-0.2, 0) is 0 Å². The minimum absolute atomic E-state index is 0.954. The molecule has 0 N–H and O–H groups in total. The minimum atomic E-state index is 0.954. The monoisotopic (exact) mass is 276 g/mol. The Bertz CT molecular complexity index is 64.4. The maximum Gasteiger partial charge on any atom is -0.0445 e. The second-order valence-electron chi connectivity index (χ2n) is 4.01. The van der Waals surface area contributed by atoms with Gasteiger partial charge in [0.25, 0.3) is 0 Å². The molecule has 0 aromatic rings. The highest BCUT2D eigenvalue weighted by Gasteiger charge is 1.94. The Kier molecular flexibility index (Phi) is 86.0. The molecule has 0 saturated carbocycles. The van der Waals surface area contributed by atoms with Crippen molar-refractivity contribution in [3.63, 3.8) is 0 Å². The third-order valence-electron chi connectivity index (χ3n) is 2.45. The molecule has 0 aliphatic carbocycles. The summed E-state index contributed by atoms with van der Waals surface area (Å²) >= 11 is 0. The van der Waals surface area contributed by atoms with Gasteiger partial charge in [-0.3, -0.25) is 0 Å². The van der Waals surface area contributed by atoms with E-state index in [9.17, 15) is 0 Å². The molecule has 0 bridgehead atoms. The molecule has 1 unspecified atom stereocenters. The standard InChI is InChI=1S/C8H18.C5H12.3C2H6/c1-4-6-7-8(3)5-2;1-3-5-4-2;3*1-2/h8H,4-7H2,1-3H3;3-5H2,1-2H3;3*1-2H3. The lowest BCUT2D eigenvalue weighted by atomic mass is 10.0. The lowest BCUT2D eigenvalue weighted by Gasteiger charge is -2.04. The topological polar surface area (TPSA) is 0 Å². The van der Waals surface area contributed by atoms with Gasteiger partial charge in [0.2, 0.25) is 0 Å². The molecule has 0 saturated heterocycles. The summed E-state index contributed by atoms with van der Waals surface area (Å²) in [6, 6.07) is 0. The SMILES string of the molecule is CC.CC.CC.CCCCC.CCCCC(C)CC. The van der Waals surface area contributed by atoms with Gasteiger partial charge in [0, 0.05) is 0 Å². The Hall–Kier alpha value is 0. The van der Waals surface area contributed by atoms with Gasteiger partial charge in [-0.15, -0.1) is 0 Å². The quantitative estimate of drug-likeness (QED) is 0.456. The molecule has 0 aliphatic rings. The Morgan fingerprint density at radius 1 is 0.579 bits per heavy atom. The van der Waals surface area contributed by atoms with Crippen molar-refractivity contribution in [2.45, 2.75) is 121 Å². The molecular formula is C19H48. The van der Waals surface area contributed by atoms with Gasteiger partial charge in [0.05, 0.1) is 0 Å². The van der Waals surface area contributed by atoms with Crippen LogP contribution < -0.4 is 0 Å². The molecule has 0 aromatic carbocycles. The predicted molar refractivity (Wildman–Crippen MR) is 98.2 cm³/mol. The van der Waals surface area contributed by atoms with E-state index in [4.69, 9.17) is 0 Å². The van der Waals surface area contributed by atoms with Crippen LogP contribution in [0.2, 0.25) is 0 Å². The number of hydrogen-bond donors (Lipinski definition) is 0. The highest BCUT2D eigenvalue weighted by Crippen LogP contribution is 2.09. The van der Waals surface area contributed by atoms with Crippen LogP contribution in [0, 0.1) is 5.92 Å². The molecule has 0 heteroatoms. The Morgan fingerprint density at radius 3 is 1.05 bits per heavy atom. The molecule has 0 rings (SSSR count). The van der Waals surface area contributed by atoms with Crippen LogP contribution >= 0.6 is 0 Å². The summed E-state index contributed by atoms with van der Waals surface area (Å²) in [6.07, 6.45) is 9.61. The van der Waals surface area contributed by atoms with E-state index in [1.54, 1.807) is 0 Å².